The molecule has 0 N–H and O–H groups in total. The molecule has 4 rings (SSSR count). The van der Waals surface area contributed by atoms with Gasteiger partial charge in [0.1, 0.15) is 17.2 Å². The van der Waals surface area contributed by atoms with Crippen molar-refractivity contribution in [2.75, 3.05) is 33.3 Å². The van der Waals surface area contributed by atoms with Gasteiger partial charge in [-0.3, -0.25) is 4.90 Å². The Bertz CT molecular complexity index is 1090. The molecule has 0 saturated carbocycles. The topological polar surface area (TPSA) is 59.1 Å². The van der Waals surface area contributed by atoms with Gasteiger partial charge in [0.25, 0.3) is 0 Å². The second kappa shape index (κ2) is 9.51. The number of hydrogen-bond acceptors (Lipinski definition) is 5. The first-order chi connectivity index (χ1) is 15.0. The van der Waals surface area contributed by atoms with Gasteiger partial charge in [-0.1, -0.05) is 30.3 Å². The van der Waals surface area contributed by atoms with Crippen LogP contribution in [0, 0.1) is 0 Å². The van der Waals surface area contributed by atoms with Crippen LogP contribution in [0.3, 0.4) is 0 Å². The molecule has 0 atom stereocenters. The predicted octanol–water partition coefficient (Wildman–Crippen LogP) is 3.99. The molecular formula is C24H26N2O4S. The molecule has 0 bridgehead atoms. The summed E-state index contributed by atoms with van der Waals surface area (Å²) in [5.74, 6) is 2.24. The summed E-state index contributed by atoms with van der Waals surface area (Å²) in [4.78, 5) is 2.56. The van der Waals surface area contributed by atoms with Crippen molar-refractivity contribution in [1.29, 1.82) is 0 Å². The maximum atomic E-state index is 12.9. The van der Waals surface area contributed by atoms with Crippen LogP contribution in [0.15, 0.2) is 83.8 Å². The molecule has 6 nitrogen and oxygen atoms in total. The fourth-order valence-corrected chi connectivity index (χ4v) is 5.04. The summed E-state index contributed by atoms with van der Waals surface area (Å²) in [5, 5.41) is 0. The number of benzene rings is 3. The van der Waals surface area contributed by atoms with Crippen LogP contribution >= 0.6 is 0 Å². The van der Waals surface area contributed by atoms with E-state index in [1.807, 2.05) is 48.5 Å². The van der Waals surface area contributed by atoms with Gasteiger partial charge >= 0.3 is 0 Å². The van der Waals surface area contributed by atoms with Crippen molar-refractivity contribution in [3.8, 4) is 17.2 Å². The van der Waals surface area contributed by atoms with Crippen LogP contribution in [0.4, 0.5) is 0 Å². The highest BCUT2D eigenvalue weighted by atomic mass is 32.2. The van der Waals surface area contributed by atoms with Crippen LogP contribution < -0.4 is 9.47 Å². The molecule has 3 aromatic rings. The van der Waals surface area contributed by atoms with Gasteiger partial charge in [-0.2, -0.15) is 4.31 Å². The zero-order valence-electron chi connectivity index (χ0n) is 17.5. The molecule has 0 amide bonds. The van der Waals surface area contributed by atoms with E-state index in [1.165, 1.54) is 0 Å². The molecule has 1 aliphatic heterocycles. The summed E-state index contributed by atoms with van der Waals surface area (Å²) in [6, 6.07) is 24.3. The summed E-state index contributed by atoms with van der Waals surface area (Å²) < 4.78 is 38.4. The first-order valence-corrected chi connectivity index (χ1v) is 11.7. The summed E-state index contributed by atoms with van der Waals surface area (Å²) >= 11 is 0. The Hall–Kier alpha value is -2.87. The van der Waals surface area contributed by atoms with E-state index in [9.17, 15) is 8.42 Å². The lowest BCUT2D eigenvalue weighted by Crippen LogP contribution is -2.48. The Morgan fingerprint density at radius 2 is 1.45 bits per heavy atom. The highest BCUT2D eigenvalue weighted by molar-refractivity contribution is 7.89. The number of sulfonamides is 1. The minimum absolute atomic E-state index is 0.299. The first kappa shape index (κ1) is 21.4. The number of nitrogens with zero attached hydrogens (tertiary/aromatic N) is 2. The van der Waals surface area contributed by atoms with Crippen molar-refractivity contribution >= 4 is 10.0 Å². The molecular weight excluding hydrogens is 412 g/mol. The maximum absolute atomic E-state index is 12.9. The molecule has 31 heavy (non-hydrogen) atoms. The summed E-state index contributed by atoms with van der Waals surface area (Å²) in [5.41, 5.74) is 1.14. The Morgan fingerprint density at radius 1 is 0.774 bits per heavy atom. The van der Waals surface area contributed by atoms with E-state index in [0.29, 0.717) is 36.8 Å². The molecule has 3 aromatic carbocycles. The Labute approximate surface area is 183 Å². The van der Waals surface area contributed by atoms with Crippen molar-refractivity contribution in [3.05, 3.63) is 84.4 Å². The van der Waals surface area contributed by atoms with E-state index in [2.05, 4.69) is 11.0 Å². The third-order valence-corrected chi connectivity index (χ3v) is 7.22. The van der Waals surface area contributed by atoms with Crippen LogP contribution in [0.1, 0.15) is 5.56 Å². The van der Waals surface area contributed by atoms with Gasteiger partial charge in [0, 0.05) is 32.7 Å². The van der Waals surface area contributed by atoms with Gasteiger partial charge in [0.15, 0.2) is 0 Å². The van der Waals surface area contributed by atoms with E-state index >= 15 is 0 Å². The molecule has 7 heteroatoms. The van der Waals surface area contributed by atoms with Gasteiger partial charge in [-0.25, -0.2) is 8.42 Å². The first-order valence-electron chi connectivity index (χ1n) is 10.2. The second-order valence-electron chi connectivity index (χ2n) is 7.42. The van der Waals surface area contributed by atoms with E-state index in [1.54, 1.807) is 35.7 Å². The monoisotopic (exact) mass is 438 g/mol. The Balaban J connectivity index is 1.35. The van der Waals surface area contributed by atoms with Crippen molar-refractivity contribution in [2.45, 2.75) is 11.4 Å². The minimum Gasteiger partial charge on any atom is -0.497 e. The van der Waals surface area contributed by atoms with Crippen LogP contribution in [0.5, 0.6) is 17.2 Å². The number of methoxy groups -OCH3 is 1. The van der Waals surface area contributed by atoms with E-state index in [-0.39, 0.29) is 0 Å². The minimum atomic E-state index is -3.49. The Morgan fingerprint density at radius 3 is 2.13 bits per heavy atom. The quantitative estimate of drug-likeness (QED) is 0.558. The third kappa shape index (κ3) is 5.25. The summed E-state index contributed by atoms with van der Waals surface area (Å²) in [6.07, 6.45) is 0. The van der Waals surface area contributed by atoms with Gasteiger partial charge in [-0.15, -0.1) is 0 Å². The average Bonchev–Trinajstić information content (AvgIpc) is 2.80. The SMILES string of the molecule is COc1ccc(S(=O)(=O)N2CCN(Cc3cccc(Oc4ccccc4)c3)CC2)cc1. The van der Waals surface area contributed by atoms with Crippen LogP contribution in [0.25, 0.3) is 0 Å². The molecule has 0 unspecified atom stereocenters. The standard InChI is InChI=1S/C24H26N2O4S/c1-29-21-10-12-24(13-11-21)31(27,28)26-16-14-25(15-17-26)19-20-6-5-9-23(18-20)30-22-7-3-2-4-8-22/h2-13,18H,14-17,19H2,1H3. The number of rotatable bonds is 7. The number of ether oxygens (including phenoxy) is 2. The third-order valence-electron chi connectivity index (χ3n) is 5.31. The molecule has 0 radical (unpaired) electrons. The lowest BCUT2D eigenvalue weighted by atomic mass is 10.2. The van der Waals surface area contributed by atoms with Gasteiger partial charge in [-0.05, 0) is 54.1 Å². The molecule has 1 heterocycles. The number of para-hydroxylation sites is 1. The molecule has 162 valence electrons. The molecule has 1 saturated heterocycles. The molecule has 0 aromatic heterocycles. The van der Waals surface area contributed by atoms with E-state index in [0.717, 1.165) is 23.6 Å². The van der Waals surface area contributed by atoms with Crippen molar-refractivity contribution < 1.29 is 17.9 Å². The fraction of sp³-hybridized carbons (Fsp3) is 0.250. The highest BCUT2D eigenvalue weighted by Gasteiger charge is 2.28. The molecule has 1 aliphatic rings. The van der Waals surface area contributed by atoms with Crippen molar-refractivity contribution in [2.24, 2.45) is 0 Å². The predicted molar refractivity (Wildman–Crippen MR) is 120 cm³/mol. The lowest BCUT2D eigenvalue weighted by molar-refractivity contribution is 0.181. The second-order valence-corrected chi connectivity index (χ2v) is 9.36. The average molecular weight is 439 g/mol. The molecule has 0 aliphatic carbocycles. The van der Waals surface area contributed by atoms with Crippen LogP contribution in [-0.2, 0) is 16.6 Å². The zero-order chi connectivity index (χ0) is 21.7. The smallest absolute Gasteiger partial charge is 0.243 e. The lowest BCUT2D eigenvalue weighted by Gasteiger charge is -2.34. The molecule has 1 fully saturated rings. The number of hydrogen-bond donors (Lipinski definition) is 0. The normalized spacial score (nSPS) is 15.5. The van der Waals surface area contributed by atoms with Crippen LogP contribution in [0.2, 0.25) is 0 Å². The van der Waals surface area contributed by atoms with Crippen molar-refractivity contribution in [1.82, 2.24) is 9.21 Å². The van der Waals surface area contributed by atoms with Crippen molar-refractivity contribution in [3.63, 3.8) is 0 Å². The van der Waals surface area contributed by atoms with Gasteiger partial charge < -0.3 is 9.47 Å². The van der Waals surface area contributed by atoms with Gasteiger partial charge in [0.2, 0.25) is 10.0 Å². The number of piperazine rings is 1. The largest absolute Gasteiger partial charge is 0.497 e. The highest BCUT2D eigenvalue weighted by Crippen LogP contribution is 2.24. The van der Waals surface area contributed by atoms with E-state index < -0.39 is 10.0 Å². The molecule has 0 spiro atoms. The Kier molecular flexibility index (Phi) is 6.56. The van der Waals surface area contributed by atoms with Crippen LogP contribution in [-0.4, -0.2) is 50.9 Å². The summed E-state index contributed by atoms with van der Waals surface area (Å²) in [6.45, 7) is 3.05. The maximum Gasteiger partial charge on any atom is 0.243 e. The van der Waals surface area contributed by atoms with E-state index in [4.69, 9.17) is 9.47 Å². The fourth-order valence-electron chi connectivity index (χ4n) is 3.61. The zero-order valence-corrected chi connectivity index (χ0v) is 18.3. The summed E-state index contributed by atoms with van der Waals surface area (Å²) in [7, 11) is -1.93. The van der Waals surface area contributed by atoms with Gasteiger partial charge in [0.05, 0.1) is 12.0 Å².